The second-order valence-corrected chi connectivity index (χ2v) is 4.52. The average molecular weight is 265 g/mol. The molecular weight excluding hydrogens is 250 g/mol. The van der Waals surface area contributed by atoms with E-state index in [1.807, 2.05) is 55.5 Å². The Balaban J connectivity index is 2.05. The van der Waals surface area contributed by atoms with Gasteiger partial charge in [-0.2, -0.15) is 5.26 Å². The molecule has 0 radical (unpaired) electrons. The highest BCUT2D eigenvalue weighted by Gasteiger charge is 2.18. The van der Waals surface area contributed by atoms with Crippen molar-refractivity contribution in [2.24, 2.45) is 5.92 Å². The summed E-state index contributed by atoms with van der Waals surface area (Å²) in [7, 11) is 0. The van der Waals surface area contributed by atoms with Gasteiger partial charge in [-0.3, -0.25) is 4.79 Å². The van der Waals surface area contributed by atoms with Crippen LogP contribution < -0.4 is 5.32 Å². The Morgan fingerprint density at radius 1 is 1.25 bits per heavy atom. The molecule has 0 saturated carbocycles. The van der Waals surface area contributed by atoms with Crippen molar-refractivity contribution >= 4 is 11.7 Å². The highest BCUT2D eigenvalue weighted by Crippen LogP contribution is 2.11. The van der Waals surface area contributed by atoms with Gasteiger partial charge in [-0.1, -0.05) is 36.4 Å². The molecule has 0 spiro atoms. The number of nitrogens with one attached hydrogen (secondary N) is 1. The van der Waals surface area contributed by atoms with Crippen LogP contribution in [0.25, 0.3) is 0 Å². The van der Waals surface area contributed by atoms with Gasteiger partial charge >= 0.3 is 0 Å². The van der Waals surface area contributed by atoms with Gasteiger partial charge in [0.15, 0.2) is 0 Å². The molecule has 0 fully saturated rings. The number of hydrogen-bond acceptors (Lipinski definition) is 3. The van der Waals surface area contributed by atoms with Crippen molar-refractivity contribution in [1.29, 1.82) is 5.26 Å². The van der Waals surface area contributed by atoms with Gasteiger partial charge in [0.1, 0.15) is 11.7 Å². The first-order chi connectivity index (χ1) is 9.69. The summed E-state index contributed by atoms with van der Waals surface area (Å²) in [6.07, 6.45) is 0.398. The van der Waals surface area contributed by atoms with Gasteiger partial charge in [0, 0.05) is 5.69 Å². The van der Waals surface area contributed by atoms with E-state index in [2.05, 4.69) is 10.3 Å². The van der Waals surface area contributed by atoms with Crippen molar-refractivity contribution < 1.29 is 4.79 Å². The topological polar surface area (TPSA) is 65.8 Å². The lowest BCUT2D eigenvalue weighted by Crippen LogP contribution is -2.24. The minimum absolute atomic E-state index is 0.325. The Morgan fingerprint density at radius 3 is 2.65 bits per heavy atom. The van der Waals surface area contributed by atoms with Gasteiger partial charge in [0.25, 0.3) is 0 Å². The zero-order chi connectivity index (χ0) is 14.4. The summed E-state index contributed by atoms with van der Waals surface area (Å²) in [4.78, 5) is 16.3. The van der Waals surface area contributed by atoms with Crippen molar-refractivity contribution in [3.8, 4) is 6.07 Å². The minimum Gasteiger partial charge on any atom is -0.310 e. The first kappa shape index (κ1) is 13.8. The molecule has 20 heavy (non-hydrogen) atoms. The van der Waals surface area contributed by atoms with Crippen LogP contribution in [0, 0.1) is 24.2 Å². The van der Waals surface area contributed by atoms with Crippen molar-refractivity contribution in [2.45, 2.75) is 13.3 Å². The van der Waals surface area contributed by atoms with Crippen LogP contribution in [0.2, 0.25) is 0 Å². The van der Waals surface area contributed by atoms with Crippen molar-refractivity contribution in [3.05, 3.63) is 59.8 Å². The van der Waals surface area contributed by atoms with Crippen LogP contribution in [0.5, 0.6) is 0 Å². The Morgan fingerprint density at radius 2 is 2.00 bits per heavy atom. The Kier molecular flexibility index (Phi) is 4.46. The first-order valence-corrected chi connectivity index (χ1v) is 6.37. The highest BCUT2D eigenvalue weighted by atomic mass is 16.1. The molecule has 0 saturated heterocycles. The maximum Gasteiger partial charge on any atom is 0.243 e. The van der Waals surface area contributed by atoms with E-state index in [9.17, 15) is 4.79 Å². The predicted molar refractivity (Wildman–Crippen MR) is 76.9 cm³/mol. The fourth-order valence-corrected chi connectivity index (χ4v) is 1.87. The van der Waals surface area contributed by atoms with E-state index in [-0.39, 0.29) is 5.91 Å². The number of anilines is 1. The van der Waals surface area contributed by atoms with Crippen LogP contribution in [-0.4, -0.2) is 10.9 Å². The predicted octanol–water partition coefficient (Wildman–Crippen LogP) is 2.71. The highest BCUT2D eigenvalue weighted by molar-refractivity contribution is 5.93. The third-order valence-electron chi connectivity index (χ3n) is 2.89. The normalized spacial score (nSPS) is 11.4. The Hall–Kier alpha value is -2.67. The van der Waals surface area contributed by atoms with Crippen molar-refractivity contribution in [1.82, 2.24) is 4.98 Å². The number of pyridine rings is 1. The molecule has 0 aliphatic heterocycles. The SMILES string of the molecule is Cc1cccc(NC(=O)C(C#N)Cc2ccccc2)n1. The Bertz CT molecular complexity index is 632. The van der Waals surface area contributed by atoms with E-state index in [1.54, 1.807) is 6.07 Å². The zero-order valence-electron chi connectivity index (χ0n) is 11.2. The van der Waals surface area contributed by atoms with E-state index >= 15 is 0 Å². The Labute approximate surface area is 118 Å². The molecule has 1 aromatic carbocycles. The number of nitriles is 1. The second kappa shape index (κ2) is 6.48. The fraction of sp³-hybridized carbons (Fsp3) is 0.188. The lowest BCUT2D eigenvalue weighted by atomic mass is 10.00. The summed E-state index contributed by atoms with van der Waals surface area (Å²) in [6.45, 7) is 1.85. The molecule has 4 heteroatoms. The molecule has 1 N–H and O–H groups in total. The number of nitrogens with zero attached hydrogens (tertiary/aromatic N) is 2. The van der Waals surface area contributed by atoms with Gasteiger partial charge in [-0.15, -0.1) is 0 Å². The van der Waals surface area contributed by atoms with Gasteiger partial charge in [-0.25, -0.2) is 4.98 Å². The van der Waals surface area contributed by atoms with E-state index < -0.39 is 5.92 Å². The quantitative estimate of drug-likeness (QED) is 0.924. The summed E-state index contributed by atoms with van der Waals surface area (Å²) in [5, 5.41) is 11.8. The number of amides is 1. The number of benzene rings is 1. The summed E-state index contributed by atoms with van der Waals surface area (Å²) >= 11 is 0. The molecule has 0 aliphatic rings. The molecule has 1 atom stereocenters. The van der Waals surface area contributed by atoms with Gasteiger partial charge in [0.2, 0.25) is 5.91 Å². The molecule has 1 unspecified atom stereocenters. The maximum absolute atomic E-state index is 12.1. The van der Waals surface area contributed by atoms with E-state index in [0.29, 0.717) is 12.2 Å². The second-order valence-electron chi connectivity index (χ2n) is 4.52. The molecule has 1 amide bonds. The lowest BCUT2D eigenvalue weighted by molar-refractivity contribution is -0.118. The third-order valence-corrected chi connectivity index (χ3v) is 2.89. The average Bonchev–Trinajstić information content (AvgIpc) is 2.45. The fourth-order valence-electron chi connectivity index (χ4n) is 1.87. The van der Waals surface area contributed by atoms with Crippen LogP contribution in [0.1, 0.15) is 11.3 Å². The van der Waals surface area contributed by atoms with Crippen LogP contribution in [0.15, 0.2) is 48.5 Å². The summed E-state index contributed by atoms with van der Waals surface area (Å²) in [5.74, 6) is -0.572. The summed E-state index contributed by atoms with van der Waals surface area (Å²) in [5.41, 5.74) is 1.78. The van der Waals surface area contributed by atoms with E-state index in [1.165, 1.54) is 0 Å². The summed E-state index contributed by atoms with van der Waals surface area (Å²) < 4.78 is 0. The minimum atomic E-state index is -0.722. The first-order valence-electron chi connectivity index (χ1n) is 6.37. The van der Waals surface area contributed by atoms with Crippen LogP contribution in [-0.2, 0) is 11.2 Å². The summed E-state index contributed by atoms with van der Waals surface area (Å²) in [6, 6.07) is 16.9. The molecule has 2 aromatic rings. The number of aryl methyl sites for hydroxylation is 1. The molecule has 2 rings (SSSR count). The molecule has 4 nitrogen and oxygen atoms in total. The lowest BCUT2D eigenvalue weighted by Gasteiger charge is -2.10. The third kappa shape index (κ3) is 3.66. The van der Waals surface area contributed by atoms with Crippen molar-refractivity contribution in [3.63, 3.8) is 0 Å². The smallest absolute Gasteiger partial charge is 0.243 e. The number of rotatable bonds is 4. The molecule has 0 bridgehead atoms. The van der Waals surface area contributed by atoms with Gasteiger partial charge in [0.05, 0.1) is 6.07 Å². The van der Waals surface area contributed by atoms with E-state index in [0.717, 1.165) is 11.3 Å². The molecule has 0 aliphatic carbocycles. The number of aromatic nitrogens is 1. The number of carbonyl (C=O) groups is 1. The van der Waals surface area contributed by atoms with Crippen molar-refractivity contribution in [2.75, 3.05) is 5.32 Å². The maximum atomic E-state index is 12.1. The monoisotopic (exact) mass is 265 g/mol. The molecular formula is C16H15N3O. The van der Waals surface area contributed by atoms with Gasteiger partial charge < -0.3 is 5.32 Å². The molecule has 1 heterocycles. The standard InChI is InChI=1S/C16H15N3O/c1-12-6-5-9-15(18-12)19-16(20)14(11-17)10-13-7-3-2-4-8-13/h2-9,14H,10H2,1H3,(H,18,19,20). The van der Waals surface area contributed by atoms with E-state index in [4.69, 9.17) is 5.26 Å². The van der Waals surface area contributed by atoms with Crippen LogP contribution in [0.3, 0.4) is 0 Å². The zero-order valence-corrected chi connectivity index (χ0v) is 11.2. The molecule has 1 aromatic heterocycles. The van der Waals surface area contributed by atoms with Gasteiger partial charge in [-0.05, 0) is 31.0 Å². The number of hydrogen-bond donors (Lipinski definition) is 1. The van der Waals surface area contributed by atoms with Crippen LogP contribution >= 0.6 is 0 Å². The largest absolute Gasteiger partial charge is 0.310 e. The van der Waals surface area contributed by atoms with Crippen LogP contribution in [0.4, 0.5) is 5.82 Å². The molecule has 100 valence electrons. The number of carbonyl (C=O) groups excluding carboxylic acids is 1.